The first kappa shape index (κ1) is 16.3. The van der Waals surface area contributed by atoms with Crippen LogP contribution in [0.4, 0.5) is 0 Å². The highest BCUT2D eigenvalue weighted by Gasteiger charge is 2.02. The number of aryl methyl sites for hydroxylation is 1. The van der Waals surface area contributed by atoms with Crippen molar-refractivity contribution in [2.24, 2.45) is 5.14 Å². The molecule has 0 saturated carbocycles. The summed E-state index contributed by atoms with van der Waals surface area (Å²) in [6.07, 6.45) is 3.28. The van der Waals surface area contributed by atoms with Crippen LogP contribution in [-0.4, -0.2) is 20.8 Å². The maximum Gasteiger partial charge on any atom is 0.209 e. The highest BCUT2D eigenvalue weighted by molar-refractivity contribution is 7.89. The summed E-state index contributed by atoms with van der Waals surface area (Å²) in [7, 11) is -3.31. The van der Waals surface area contributed by atoms with Crippen molar-refractivity contribution >= 4 is 21.6 Å². The van der Waals surface area contributed by atoms with Gasteiger partial charge in [0.05, 0.1) is 12.4 Å². The van der Waals surface area contributed by atoms with Gasteiger partial charge in [-0.3, -0.25) is 0 Å². The van der Waals surface area contributed by atoms with E-state index in [1.165, 1.54) is 0 Å². The number of rotatable bonds is 8. The molecule has 1 aromatic carbocycles. The molecule has 0 heterocycles. The molecule has 2 N–H and O–H groups in total. The molecule has 0 saturated heterocycles. The molecule has 0 spiro atoms. The second kappa shape index (κ2) is 7.72. The molecular weight excluding hydrogens is 286 g/mol. The lowest BCUT2D eigenvalue weighted by molar-refractivity contribution is 0.303. The van der Waals surface area contributed by atoms with Gasteiger partial charge >= 0.3 is 0 Å². The molecular formula is C13H20ClNO3S. The average molecular weight is 306 g/mol. The summed E-state index contributed by atoms with van der Waals surface area (Å²) in [5.41, 5.74) is 1.02. The summed E-state index contributed by atoms with van der Waals surface area (Å²) < 4.78 is 27.1. The Morgan fingerprint density at radius 3 is 2.53 bits per heavy atom. The predicted molar refractivity (Wildman–Crippen MR) is 78.1 cm³/mol. The Morgan fingerprint density at radius 2 is 1.89 bits per heavy atom. The molecule has 0 unspecified atom stereocenters. The van der Waals surface area contributed by atoms with Crippen LogP contribution in [0.5, 0.6) is 5.75 Å². The van der Waals surface area contributed by atoms with Crippen molar-refractivity contribution in [3.63, 3.8) is 0 Å². The summed E-state index contributed by atoms with van der Waals surface area (Å²) in [6, 6.07) is 5.53. The van der Waals surface area contributed by atoms with Gasteiger partial charge in [-0.25, -0.2) is 13.6 Å². The smallest absolute Gasteiger partial charge is 0.209 e. The van der Waals surface area contributed by atoms with Crippen LogP contribution in [0.1, 0.15) is 31.2 Å². The molecule has 0 radical (unpaired) electrons. The number of benzene rings is 1. The van der Waals surface area contributed by atoms with Crippen molar-refractivity contribution in [1.82, 2.24) is 0 Å². The molecule has 4 nitrogen and oxygen atoms in total. The van der Waals surface area contributed by atoms with Crippen LogP contribution in [0.3, 0.4) is 0 Å². The number of sulfonamides is 1. The molecule has 0 bridgehead atoms. The third-order valence-electron chi connectivity index (χ3n) is 2.72. The zero-order valence-electron chi connectivity index (χ0n) is 11.1. The fourth-order valence-corrected chi connectivity index (χ4v) is 2.55. The number of ether oxygens (including phenoxy) is 1. The molecule has 19 heavy (non-hydrogen) atoms. The lowest BCUT2D eigenvalue weighted by Crippen LogP contribution is -2.16. The summed E-state index contributed by atoms with van der Waals surface area (Å²) in [5.74, 6) is 0.901. The van der Waals surface area contributed by atoms with E-state index in [1.807, 2.05) is 19.1 Å². The first-order valence-corrected chi connectivity index (χ1v) is 8.37. The van der Waals surface area contributed by atoms with Gasteiger partial charge in [0, 0.05) is 5.02 Å². The Kier molecular flexibility index (Phi) is 6.62. The van der Waals surface area contributed by atoms with Gasteiger partial charge < -0.3 is 4.74 Å². The minimum absolute atomic E-state index is 0.0597. The van der Waals surface area contributed by atoms with Crippen LogP contribution in [0.2, 0.25) is 5.02 Å². The van der Waals surface area contributed by atoms with E-state index < -0.39 is 10.0 Å². The van der Waals surface area contributed by atoms with Crippen LogP contribution in [0, 0.1) is 6.92 Å². The van der Waals surface area contributed by atoms with Crippen molar-refractivity contribution in [3.8, 4) is 5.75 Å². The van der Waals surface area contributed by atoms with Crippen molar-refractivity contribution in [2.75, 3.05) is 12.4 Å². The maximum absolute atomic E-state index is 10.7. The molecule has 108 valence electrons. The number of unbranched alkanes of at least 4 members (excludes halogenated alkanes) is 3. The van der Waals surface area contributed by atoms with Gasteiger partial charge in [0.1, 0.15) is 5.75 Å². The van der Waals surface area contributed by atoms with Crippen LogP contribution >= 0.6 is 11.6 Å². The highest BCUT2D eigenvalue weighted by Crippen LogP contribution is 2.22. The van der Waals surface area contributed by atoms with E-state index in [1.54, 1.807) is 6.07 Å². The van der Waals surface area contributed by atoms with Crippen molar-refractivity contribution < 1.29 is 13.2 Å². The summed E-state index contributed by atoms with van der Waals surface area (Å²) in [4.78, 5) is 0. The predicted octanol–water partition coefficient (Wildman–Crippen LogP) is 2.88. The Morgan fingerprint density at radius 1 is 1.21 bits per heavy atom. The number of halogens is 1. The first-order valence-electron chi connectivity index (χ1n) is 6.28. The van der Waals surface area contributed by atoms with Gasteiger partial charge in [0.2, 0.25) is 10.0 Å². The summed E-state index contributed by atoms with van der Waals surface area (Å²) in [6.45, 7) is 2.57. The summed E-state index contributed by atoms with van der Waals surface area (Å²) in [5, 5.41) is 5.62. The van der Waals surface area contributed by atoms with Gasteiger partial charge in [-0.15, -0.1) is 0 Å². The second-order valence-electron chi connectivity index (χ2n) is 4.54. The van der Waals surface area contributed by atoms with Crippen LogP contribution < -0.4 is 9.88 Å². The molecule has 0 fully saturated rings. The molecule has 0 aliphatic carbocycles. The van der Waals surface area contributed by atoms with Gasteiger partial charge in [-0.05, 0) is 43.5 Å². The highest BCUT2D eigenvalue weighted by atomic mass is 35.5. The average Bonchev–Trinajstić information content (AvgIpc) is 2.29. The Labute approximate surface area is 120 Å². The van der Waals surface area contributed by atoms with Gasteiger partial charge in [-0.1, -0.05) is 24.4 Å². The first-order chi connectivity index (χ1) is 8.88. The van der Waals surface area contributed by atoms with E-state index >= 15 is 0 Å². The fourth-order valence-electron chi connectivity index (χ4n) is 1.72. The normalized spacial score (nSPS) is 11.5. The minimum Gasteiger partial charge on any atom is -0.493 e. The maximum atomic E-state index is 10.7. The lowest BCUT2D eigenvalue weighted by atomic mass is 10.2. The number of hydrogen-bond donors (Lipinski definition) is 1. The van der Waals surface area contributed by atoms with Crippen molar-refractivity contribution in [1.29, 1.82) is 0 Å². The molecule has 0 aliphatic heterocycles. The standard InChI is InChI=1S/C13H20ClNO3S/c1-11-10-12(14)6-7-13(11)18-8-4-2-3-5-9-19(15,16)17/h6-7,10H,2-5,8-9H2,1H3,(H2,15,16,17). The van der Waals surface area contributed by atoms with E-state index in [4.69, 9.17) is 21.5 Å². The van der Waals surface area contributed by atoms with Crippen molar-refractivity contribution in [2.45, 2.75) is 32.6 Å². The SMILES string of the molecule is Cc1cc(Cl)ccc1OCCCCCCS(N)(=O)=O. The monoisotopic (exact) mass is 305 g/mol. The molecule has 1 aromatic rings. The molecule has 0 amide bonds. The Bertz CT molecular complexity index is 503. The van der Waals surface area contributed by atoms with Crippen LogP contribution in [-0.2, 0) is 10.0 Å². The van der Waals surface area contributed by atoms with Gasteiger partial charge in [-0.2, -0.15) is 0 Å². The minimum atomic E-state index is -3.31. The lowest BCUT2D eigenvalue weighted by Gasteiger charge is -2.09. The molecule has 0 aliphatic rings. The third-order valence-corrected chi connectivity index (χ3v) is 3.81. The van der Waals surface area contributed by atoms with Gasteiger partial charge in [0.25, 0.3) is 0 Å². The second-order valence-corrected chi connectivity index (χ2v) is 6.71. The Balaban J connectivity index is 2.14. The van der Waals surface area contributed by atoms with Crippen LogP contribution in [0.15, 0.2) is 18.2 Å². The Hall–Kier alpha value is -0.780. The largest absolute Gasteiger partial charge is 0.493 e. The molecule has 0 aromatic heterocycles. The number of nitrogens with two attached hydrogens (primary N) is 1. The van der Waals surface area contributed by atoms with E-state index in [2.05, 4.69) is 0 Å². The number of primary sulfonamides is 1. The van der Waals surface area contributed by atoms with Gasteiger partial charge in [0.15, 0.2) is 0 Å². The zero-order valence-corrected chi connectivity index (χ0v) is 12.6. The molecule has 0 atom stereocenters. The van der Waals surface area contributed by atoms with E-state index in [0.29, 0.717) is 18.1 Å². The molecule has 6 heteroatoms. The third kappa shape index (κ3) is 7.40. The topological polar surface area (TPSA) is 69.4 Å². The van der Waals surface area contributed by atoms with Crippen molar-refractivity contribution in [3.05, 3.63) is 28.8 Å². The number of hydrogen-bond acceptors (Lipinski definition) is 3. The summed E-state index contributed by atoms with van der Waals surface area (Å²) >= 11 is 5.86. The fraction of sp³-hybridized carbons (Fsp3) is 0.538. The zero-order chi connectivity index (χ0) is 14.3. The van der Waals surface area contributed by atoms with E-state index in [0.717, 1.165) is 30.6 Å². The van der Waals surface area contributed by atoms with Crippen LogP contribution in [0.25, 0.3) is 0 Å². The van der Waals surface area contributed by atoms with E-state index in [9.17, 15) is 8.42 Å². The quantitative estimate of drug-likeness (QED) is 0.751. The molecule has 1 rings (SSSR count). The van der Waals surface area contributed by atoms with E-state index in [-0.39, 0.29) is 5.75 Å².